The second-order valence-electron chi connectivity index (χ2n) is 4.18. The van der Waals surface area contributed by atoms with Gasteiger partial charge in [0.15, 0.2) is 0 Å². The van der Waals surface area contributed by atoms with Crippen molar-refractivity contribution in [2.75, 3.05) is 25.6 Å². The number of aromatic nitrogens is 1. The fourth-order valence-electron chi connectivity index (χ4n) is 1.79. The van der Waals surface area contributed by atoms with Crippen LogP contribution in [-0.2, 0) is 0 Å². The SMILES string of the molecule is CSCCCN(C)C(C)c1nc(C)sc1C. The molecule has 1 aromatic rings. The van der Waals surface area contributed by atoms with Crippen LogP contribution in [0.4, 0.5) is 0 Å². The monoisotopic (exact) mass is 258 g/mol. The summed E-state index contributed by atoms with van der Waals surface area (Å²) in [7, 11) is 2.19. The molecule has 1 rings (SSSR count). The zero-order chi connectivity index (χ0) is 12.1. The minimum atomic E-state index is 0.437. The van der Waals surface area contributed by atoms with Crippen molar-refractivity contribution in [1.82, 2.24) is 9.88 Å². The van der Waals surface area contributed by atoms with E-state index in [0.29, 0.717) is 6.04 Å². The maximum Gasteiger partial charge on any atom is 0.0900 e. The summed E-state index contributed by atoms with van der Waals surface area (Å²) in [6.45, 7) is 7.66. The lowest BCUT2D eigenvalue weighted by atomic mass is 10.2. The number of thioether (sulfide) groups is 1. The van der Waals surface area contributed by atoms with Crippen LogP contribution < -0.4 is 0 Å². The van der Waals surface area contributed by atoms with Gasteiger partial charge < -0.3 is 0 Å². The Bertz CT molecular complexity index is 323. The molecule has 1 aromatic heterocycles. The van der Waals surface area contributed by atoms with Crippen LogP contribution in [-0.4, -0.2) is 35.5 Å². The summed E-state index contributed by atoms with van der Waals surface area (Å²) in [5.41, 5.74) is 1.26. The summed E-state index contributed by atoms with van der Waals surface area (Å²) in [6, 6.07) is 0.437. The molecule has 1 unspecified atom stereocenters. The van der Waals surface area contributed by atoms with Crippen molar-refractivity contribution in [2.45, 2.75) is 33.2 Å². The molecule has 1 atom stereocenters. The Hall–Kier alpha value is -0.0600. The molecule has 92 valence electrons. The number of aryl methyl sites for hydroxylation is 2. The second-order valence-corrected chi connectivity index (χ2v) is 6.57. The van der Waals surface area contributed by atoms with E-state index in [9.17, 15) is 0 Å². The van der Waals surface area contributed by atoms with E-state index in [0.717, 1.165) is 6.54 Å². The normalized spacial score (nSPS) is 13.4. The van der Waals surface area contributed by atoms with Gasteiger partial charge in [0.05, 0.1) is 16.7 Å². The highest BCUT2D eigenvalue weighted by molar-refractivity contribution is 7.98. The molecule has 0 N–H and O–H groups in total. The van der Waals surface area contributed by atoms with E-state index in [1.165, 1.54) is 27.8 Å². The maximum atomic E-state index is 4.63. The van der Waals surface area contributed by atoms with E-state index in [2.05, 4.69) is 44.0 Å². The number of rotatable bonds is 6. The van der Waals surface area contributed by atoms with Crippen molar-refractivity contribution in [3.8, 4) is 0 Å². The van der Waals surface area contributed by atoms with Crippen LogP contribution >= 0.6 is 23.1 Å². The van der Waals surface area contributed by atoms with Gasteiger partial charge in [-0.1, -0.05) is 0 Å². The van der Waals surface area contributed by atoms with Gasteiger partial charge in [0.25, 0.3) is 0 Å². The lowest BCUT2D eigenvalue weighted by molar-refractivity contribution is 0.258. The number of thiazole rings is 1. The van der Waals surface area contributed by atoms with Gasteiger partial charge >= 0.3 is 0 Å². The van der Waals surface area contributed by atoms with Crippen LogP contribution in [0.5, 0.6) is 0 Å². The van der Waals surface area contributed by atoms with Gasteiger partial charge in [-0.3, -0.25) is 4.90 Å². The molecule has 16 heavy (non-hydrogen) atoms. The van der Waals surface area contributed by atoms with Crippen molar-refractivity contribution in [2.24, 2.45) is 0 Å². The Balaban J connectivity index is 2.56. The minimum Gasteiger partial charge on any atom is -0.298 e. The fourth-order valence-corrected chi connectivity index (χ4v) is 3.12. The van der Waals surface area contributed by atoms with Crippen molar-refractivity contribution >= 4 is 23.1 Å². The van der Waals surface area contributed by atoms with Crippen LogP contribution in [0.25, 0.3) is 0 Å². The molecule has 0 saturated carbocycles. The second kappa shape index (κ2) is 6.62. The highest BCUT2D eigenvalue weighted by atomic mass is 32.2. The Kier molecular flexibility index (Phi) is 5.79. The minimum absolute atomic E-state index is 0.437. The van der Waals surface area contributed by atoms with Crippen molar-refractivity contribution < 1.29 is 0 Å². The first kappa shape index (κ1) is 14.0. The predicted molar refractivity (Wildman–Crippen MR) is 75.6 cm³/mol. The molecule has 0 aliphatic heterocycles. The summed E-state index contributed by atoms with van der Waals surface area (Å²) in [4.78, 5) is 8.39. The quantitative estimate of drug-likeness (QED) is 0.727. The summed E-state index contributed by atoms with van der Waals surface area (Å²) < 4.78 is 0. The Labute approximate surface area is 107 Å². The summed E-state index contributed by atoms with van der Waals surface area (Å²) in [5.74, 6) is 1.24. The van der Waals surface area contributed by atoms with Crippen LogP contribution in [0.2, 0.25) is 0 Å². The van der Waals surface area contributed by atoms with E-state index < -0.39 is 0 Å². The molecule has 0 fully saturated rings. The Morgan fingerprint density at radius 3 is 2.62 bits per heavy atom. The van der Waals surface area contributed by atoms with Gasteiger partial charge in [-0.25, -0.2) is 4.98 Å². The number of hydrogen-bond donors (Lipinski definition) is 0. The molecule has 0 saturated heterocycles. The van der Waals surface area contributed by atoms with Gasteiger partial charge in [0.2, 0.25) is 0 Å². The molecular weight excluding hydrogens is 236 g/mol. The predicted octanol–water partition coefficient (Wildman–Crippen LogP) is 3.51. The molecule has 0 aromatic carbocycles. The molecule has 0 aliphatic rings. The zero-order valence-electron chi connectivity index (χ0n) is 10.9. The van der Waals surface area contributed by atoms with Crippen LogP contribution in [0.3, 0.4) is 0 Å². The van der Waals surface area contributed by atoms with Crippen molar-refractivity contribution in [1.29, 1.82) is 0 Å². The summed E-state index contributed by atoms with van der Waals surface area (Å²) >= 11 is 3.72. The molecule has 0 spiro atoms. The van der Waals surface area contributed by atoms with Gasteiger partial charge in [-0.15, -0.1) is 11.3 Å². The fraction of sp³-hybridized carbons (Fsp3) is 0.750. The van der Waals surface area contributed by atoms with Gasteiger partial charge in [-0.05, 0) is 52.8 Å². The van der Waals surface area contributed by atoms with Gasteiger partial charge in [-0.2, -0.15) is 11.8 Å². The molecule has 0 bridgehead atoms. The highest BCUT2D eigenvalue weighted by Crippen LogP contribution is 2.25. The third-order valence-electron chi connectivity index (χ3n) is 2.86. The third-order valence-corrected chi connectivity index (χ3v) is 4.45. The van der Waals surface area contributed by atoms with Crippen molar-refractivity contribution in [3.05, 3.63) is 15.6 Å². The van der Waals surface area contributed by atoms with Gasteiger partial charge in [0, 0.05) is 4.88 Å². The zero-order valence-corrected chi connectivity index (χ0v) is 12.5. The molecular formula is C12H22N2S2. The molecule has 1 heterocycles. The first-order chi connectivity index (χ1) is 7.56. The molecule has 0 radical (unpaired) electrons. The molecule has 4 heteroatoms. The Morgan fingerprint density at radius 1 is 1.44 bits per heavy atom. The van der Waals surface area contributed by atoms with E-state index in [1.54, 1.807) is 11.3 Å². The largest absolute Gasteiger partial charge is 0.298 e. The summed E-state index contributed by atoms with van der Waals surface area (Å²) in [5, 5.41) is 1.18. The smallest absolute Gasteiger partial charge is 0.0900 e. The first-order valence-corrected chi connectivity index (χ1v) is 7.90. The standard InChI is InChI=1S/C12H22N2S2/c1-9(14(4)7-6-8-15-5)12-10(2)16-11(3)13-12/h9H,6-8H2,1-5H3. The highest BCUT2D eigenvalue weighted by Gasteiger charge is 2.16. The van der Waals surface area contributed by atoms with Crippen LogP contribution in [0.15, 0.2) is 0 Å². The molecule has 2 nitrogen and oxygen atoms in total. The average molecular weight is 258 g/mol. The Morgan fingerprint density at radius 2 is 2.12 bits per heavy atom. The van der Waals surface area contributed by atoms with Gasteiger partial charge in [0.1, 0.15) is 0 Å². The van der Waals surface area contributed by atoms with E-state index in [-0.39, 0.29) is 0 Å². The van der Waals surface area contributed by atoms with E-state index in [4.69, 9.17) is 0 Å². The topological polar surface area (TPSA) is 16.1 Å². The van der Waals surface area contributed by atoms with E-state index >= 15 is 0 Å². The van der Waals surface area contributed by atoms with E-state index in [1.807, 2.05) is 11.8 Å². The maximum absolute atomic E-state index is 4.63. The molecule has 0 aliphatic carbocycles. The van der Waals surface area contributed by atoms with Crippen molar-refractivity contribution in [3.63, 3.8) is 0 Å². The first-order valence-electron chi connectivity index (χ1n) is 5.69. The van der Waals surface area contributed by atoms with Crippen LogP contribution in [0, 0.1) is 13.8 Å². The number of hydrogen-bond acceptors (Lipinski definition) is 4. The lowest BCUT2D eigenvalue weighted by Gasteiger charge is -2.23. The average Bonchev–Trinajstić information content (AvgIpc) is 2.57. The molecule has 0 amide bonds. The van der Waals surface area contributed by atoms with Crippen LogP contribution in [0.1, 0.15) is 35.0 Å². The lowest BCUT2D eigenvalue weighted by Crippen LogP contribution is -2.24. The number of nitrogens with zero attached hydrogens (tertiary/aromatic N) is 2. The summed E-state index contributed by atoms with van der Waals surface area (Å²) in [6.07, 6.45) is 3.42. The third kappa shape index (κ3) is 3.75.